The molecule has 2 rings (SSSR count). The molecule has 1 aliphatic heterocycles. The fourth-order valence-electron chi connectivity index (χ4n) is 2.69. The molecule has 4 heteroatoms. The maximum atomic E-state index is 10.1. The summed E-state index contributed by atoms with van der Waals surface area (Å²) in [6, 6.07) is 7.86. The number of aliphatic hydroxyl groups excluding tert-OH is 1. The molecule has 1 aromatic rings. The molecule has 1 aliphatic rings. The van der Waals surface area contributed by atoms with E-state index in [1.165, 1.54) is 0 Å². The minimum Gasteiger partial charge on any atom is -0.491 e. The molecule has 20 heavy (non-hydrogen) atoms. The van der Waals surface area contributed by atoms with Crippen LogP contribution in [0.1, 0.15) is 19.4 Å². The molecular weight excluding hydrogens is 254 g/mol. The fraction of sp³-hybridized carbons (Fsp3) is 0.625. The highest BCUT2D eigenvalue weighted by Gasteiger charge is 2.23. The Bertz CT molecular complexity index is 414. The molecule has 0 bridgehead atoms. The van der Waals surface area contributed by atoms with Crippen molar-refractivity contribution in [2.24, 2.45) is 0 Å². The Morgan fingerprint density at radius 2 is 1.95 bits per heavy atom. The monoisotopic (exact) mass is 279 g/mol. The van der Waals surface area contributed by atoms with E-state index < -0.39 is 6.10 Å². The summed E-state index contributed by atoms with van der Waals surface area (Å²) in [4.78, 5) is 2.24. The number of nitrogens with zero attached hydrogens (tertiary/aromatic N) is 1. The van der Waals surface area contributed by atoms with E-state index in [9.17, 15) is 5.11 Å². The average molecular weight is 279 g/mol. The van der Waals surface area contributed by atoms with Gasteiger partial charge >= 0.3 is 0 Å². The third kappa shape index (κ3) is 4.47. The van der Waals surface area contributed by atoms with Crippen LogP contribution in [-0.4, -0.2) is 54.6 Å². The van der Waals surface area contributed by atoms with E-state index in [1.54, 1.807) is 0 Å². The molecule has 0 unspecified atom stereocenters. The standard InChI is InChI=1S/C16H25NO3/c1-12-6-4-5-7-16(12)19-11-15(18)10-17-8-13(2)20-14(3)9-17/h4-7,13-15,18H,8-11H2,1-3H3/t13-,14+,15-/m0/s1. The van der Waals surface area contributed by atoms with Crippen molar-refractivity contribution in [3.05, 3.63) is 29.8 Å². The smallest absolute Gasteiger partial charge is 0.122 e. The number of aliphatic hydroxyl groups is 1. The summed E-state index contributed by atoms with van der Waals surface area (Å²) >= 11 is 0. The predicted molar refractivity (Wildman–Crippen MR) is 79.1 cm³/mol. The van der Waals surface area contributed by atoms with Crippen molar-refractivity contribution < 1.29 is 14.6 Å². The average Bonchev–Trinajstić information content (AvgIpc) is 2.36. The lowest BCUT2D eigenvalue weighted by Crippen LogP contribution is -2.48. The zero-order valence-corrected chi connectivity index (χ0v) is 12.6. The Labute approximate surface area is 121 Å². The highest BCUT2D eigenvalue weighted by molar-refractivity contribution is 5.31. The second-order valence-electron chi connectivity index (χ2n) is 5.71. The minimum atomic E-state index is -0.480. The molecular formula is C16H25NO3. The van der Waals surface area contributed by atoms with Crippen molar-refractivity contribution in [2.75, 3.05) is 26.2 Å². The largest absolute Gasteiger partial charge is 0.491 e. The van der Waals surface area contributed by atoms with Crippen molar-refractivity contribution in [1.82, 2.24) is 4.90 Å². The van der Waals surface area contributed by atoms with Crippen molar-refractivity contribution >= 4 is 0 Å². The number of aryl methyl sites for hydroxylation is 1. The normalized spacial score (nSPS) is 25.4. The number of morpholine rings is 1. The zero-order valence-electron chi connectivity index (χ0n) is 12.6. The van der Waals surface area contributed by atoms with Gasteiger partial charge in [-0.05, 0) is 32.4 Å². The first-order valence-corrected chi connectivity index (χ1v) is 7.29. The molecule has 1 heterocycles. The first-order valence-electron chi connectivity index (χ1n) is 7.29. The summed E-state index contributed by atoms with van der Waals surface area (Å²) in [6.45, 7) is 8.83. The van der Waals surface area contributed by atoms with Crippen molar-refractivity contribution in [2.45, 2.75) is 39.1 Å². The second kappa shape index (κ2) is 7.07. The number of hydrogen-bond acceptors (Lipinski definition) is 4. The van der Waals surface area contributed by atoms with E-state index in [0.717, 1.165) is 24.4 Å². The van der Waals surface area contributed by atoms with E-state index in [0.29, 0.717) is 13.2 Å². The fourth-order valence-corrected chi connectivity index (χ4v) is 2.69. The Kier molecular flexibility index (Phi) is 5.40. The lowest BCUT2D eigenvalue weighted by atomic mass is 10.2. The van der Waals surface area contributed by atoms with Gasteiger partial charge in [0.2, 0.25) is 0 Å². The number of β-amino-alcohol motifs (C(OH)–C–C–N with tert-alkyl or cyclic N) is 1. The first kappa shape index (κ1) is 15.3. The highest BCUT2D eigenvalue weighted by Crippen LogP contribution is 2.17. The number of para-hydroxylation sites is 1. The van der Waals surface area contributed by atoms with Gasteiger partial charge in [-0.15, -0.1) is 0 Å². The summed E-state index contributed by atoms with van der Waals surface area (Å²) in [5, 5.41) is 10.1. The quantitative estimate of drug-likeness (QED) is 0.893. The summed E-state index contributed by atoms with van der Waals surface area (Å²) in [7, 11) is 0. The summed E-state index contributed by atoms with van der Waals surface area (Å²) in [5.41, 5.74) is 1.09. The Balaban J connectivity index is 1.78. The highest BCUT2D eigenvalue weighted by atomic mass is 16.5. The summed E-state index contributed by atoms with van der Waals surface area (Å²) in [5.74, 6) is 0.843. The Morgan fingerprint density at radius 3 is 2.60 bits per heavy atom. The lowest BCUT2D eigenvalue weighted by molar-refractivity contribution is -0.0786. The summed E-state index contributed by atoms with van der Waals surface area (Å²) in [6.07, 6.45) is -0.0291. The first-order chi connectivity index (χ1) is 9.54. The van der Waals surface area contributed by atoms with Crippen LogP contribution in [0.3, 0.4) is 0 Å². The molecule has 1 aromatic carbocycles. The second-order valence-corrected chi connectivity index (χ2v) is 5.71. The molecule has 1 saturated heterocycles. The van der Waals surface area contributed by atoms with Gasteiger partial charge in [0, 0.05) is 19.6 Å². The van der Waals surface area contributed by atoms with Gasteiger partial charge in [0.15, 0.2) is 0 Å². The van der Waals surface area contributed by atoms with Crippen molar-refractivity contribution in [3.63, 3.8) is 0 Å². The third-order valence-electron chi connectivity index (χ3n) is 3.49. The third-order valence-corrected chi connectivity index (χ3v) is 3.49. The molecule has 4 nitrogen and oxygen atoms in total. The topological polar surface area (TPSA) is 41.9 Å². The zero-order chi connectivity index (χ0) is 14.5. The van der Waals surface area contributed by atoms with Gasteiger partial charge in [0.05, 0.1) is 12.2 Å². The Hall–Kier alpha value is -1.10. The Morgan fingerprint density at radius 1 is 1.30 bits per heavy atom. The maximum Gasteiger partial charge on any atom is 0.122 e. The van der Waals surface area contributed by atoms with E-state index in [-0.39, 0.29) is 12.2 Å². The van der Waals surface area contributed by atoms with Gasteiger partial charge in [-0.1, -0.05) is 18.2 Å². The van der Waals surface area contributed by atoms with Gasteiger partial charge in [-0.25, -0.2) is 0 Å². The maximum absolute atomic E-state index is 10.1. The molecule has 0 amide bonds. The number of rotatable bonds is 5. The minimum absolute atomic E-state index is 0.225. The van der Waals surface area contributed by atoms with Crippen LogP contribution in [-0.2, 0) is 4.74 Å². The lowest BCUT2D eigenvalue weighted by Gasteiger charge is -2.36. The van der Waals surface area contributed by atoms with Crippen molar-refractivity contribution in [1.29, 1.82) is 0 Å². The van der Waals surface area contributed by atoms with Crippen LogP contribution in [0.2, 0.25) is 0 Å². The van der Waals surface area contributed by atoms with Crippen LogP contribution in [0.15, 0.2) is 24.3 Å². The molecule has 0 spiro atoms. The molecule has 112 valence electrons. The predicted octanol–water partition coefficient (Wildman–Crippen LogP) is 1.84. The van der Waals surface area contributed by atoms with Crippen LogP contribution in [0.25, 0.3) is 0 Å². The van der Waals surface area contributed by atoms with E-state index in [4.69, 9.17) is 9.47 Å². The molecule has 3 atom stereocenters. The van der Waals surface area contributed by atoms with E-state index in [1.807, 2.05) is 31.2 Å². The molecule has 1 N–H and O–H groups in total. The van der Waals surface area contributed by atoms with Gasteiger partial charge in [-0.3, -0.25) is 4.90 Å². The molecule has 1 fully saturated rings. The van der Waals surface area contributed by atoms with Gasteiger partial charge in [0.1, 0.15) is 18.5 Å². The molecule has 0 aromatic heterocycles. The van der Waals surface area contributed by atoms with Gasteiger partial charge in [0.25, 0.3) is 0 Å². The number of ether oxygens (including phenoxy) is 2. The van der Waals surface area contributed by atoms with Crippen LogP contribution in [0.5, 0.6) is 5.75 Å². The van der Waals surface area contributed by atoms with Crippen LogP contribution >= 0.6 is 0 Å². The van der Waals surface area contributed by atoms with Gasteiger partial charge in [-0.2, -0.15) is 0 Å². The van der Waals surface area contributed by atoms with Crippen LogP contribution < -0.4 is 4.74 Å². The van der Waals surface area contributed by atoms with Gasteiger partial charge < -0.3 is 14.6 Å². The molecule has 0 radical (unpaired) electrons. The summed E-state index contributed by atoms with van der Waals surface area (Å²) < 4.78 is 11.4. The van der Waals surface area contributed by atoms with Crippen molar-refractivity contribution in [3.8, 4) is 5.75 Å². The molecule has 0 saturated carbocycles. The molecule has 0 aliphatic carbocycles. The number of hydrogen-bond donors (Lipinski definition) is 1. The SMILES string of the molecule is Cc1ccccc1OC[C@@H](O)CN1C[C@@H](C)O[C@@H](C)C1. The van der Waals surface area contributed by atoms with Crippen LogP contribution in [0, 0.1) is 6.92 Å². The number of benzene rings is 1. The van der Waals surface area contributed by atoms with E-state index in [2.05, 4.69) is 18.7 Å². The van der Waals surface area contributed by atoms with Crippen LogP contribution in [0.4, 0.5) is 0 Å². The van der Waals surface area contributed by atoms with E-state index >= 15 is 0 Å².